The van der Waals surface area contributed by atoms with E-state index in [2.05, 4.69) is 31.1 Å². The van der Waals surface area contributed by atoms with E-state index in [0.29, 0.717) is 11.0 Å². The quantitative estimate of drug-likeness (QED) is 0.470. The molecule has 2 aromatic carbocycles. The molecule has 0 unspecified atom stereocenters. The maximum atomic E-state index is 8.72. The smallest absolute Gasteiger partial charge is 0.423 e. The molecule has 9 heteroatoms. The molecule has 5 N–H and O–H groups in total. The van der Waals surface area contributed by atoms with Gasteiger partial charge in [-0.25, -0.2) is 4.98 Å². The van der Waals surface area contributed by atoms with Crippen molar-refractivity contribution in [2.24, 2.45) is 0 Å². The SMILES string of the molecule is Cc1cc2nc(N)nnc2cc1Br.OCc1cccc(B(O)O)c1. The topological polar surface area (TPSA) is 125 Å². The zero-order valence-corrected chi connectivity index (χ0v) is 14.5. The summed E-state index contributed by atoms with van der Waals surface area (Å²) in [6, 6.07) is 10.3. The minimum absolute atomic E-state index is 0.0828. The standard InChI is InChI=1S/C8H7BrN4.C7H9BO3/c1-4-2-6-7(3-5(4)9)12-13-8(10)11-6;9-5-6-2-1-3-7(4-6)8(10)11/h2-3H,1H3,(H2,10,11,13);1-4,9-11H,5H2. The molecule has 0 bridgehead atoms. The van der Waals surface area contributed by atoms with Crippen LogP contribution in [0.1, 0.15) is 11.1 Å². The van der Waals surface area contributed by atoms with Crippen molar-refractivity contribution in [1.82, 2.24) is 15.2 Å². The van der Waals surface area contributed by atoms with Crippen LogP contribution in [0, 0.1) is 6.92 Å². The lowest BCUT2D eigenvalue weighted by atomic mass is 9.80. The van der Waals surface area contributed by atoms with Crippen molar-refractivity contribution in [3.8, 4) is 0 Å². The van der Waals surface area contributed by atoms with E-state index < -0.39 is 7.12 Å². The van der Waals surface area contributed by atoms with Crippen LogP contribution in [0.25, 0.3) is 11.0 Å². The Hall–Kier alpha value is -2.07. The fourth-order valence-electron chi connectivity index (χ4n) is 1.93. The van der Waals surface area contributed by atoms with Gasteiger partial charge in [-0.15, -0.1) is 10.2 Å². The molecule has 1 heterocycles. The first kappa shape index (κ1) is 18.3. The summed E-state index contributed by atoms with van der Waals surface area (Å²) in [5.41, 5.74) is 9.11. The Morgan fingerprint density at radius 1 is 1.12 bits per heavy atom. The highest BCUT2D eigenvalue weighted by molar-refractivity contribution is 9.10. The molecule has 0 aliphatic rings. The van der Waals surface area contributed by atoms with Crippen molar-refractivity contribution >= 4 is 45.5 Å². The second kappa shape index (κ2) is 8.16. The molecule has 0 atom stereocenters. The first-order chi connectivity index (χ1) is 11.4. The van der Waals surface area contributed by atoms with Gasteiger partial charge in [-0.1, -0.05) is 40.2 Å². The average molecular weight is 391 g/mol. The minimum atomic E-state index is -1.46. The summed E-state index contributed by atoms with van der Waals surface area (Å²) in [7, 11) is -1.46. The van der Waals surface area contributed by atoms with Gasteiger partial charge in [0.05, 0.1) is 12.1 Å². The molecule has 7 nitrogen and oxygen atoms in total. The van der Waals surface area contributed by atoms with Gasteiger partial charge < -0.3 is 20.9 Å². The molecular formula is C15H16BBrN4O3. The van der Waals surface area contributed by atoms with Gasteiger partial charge in [0.25, 0.3) is 0 Å². The average Bonchev–Trinajstić information content (AvgIpc) is 2.57. The van der Waals surface area contributed by atoms with Crippen LogP contribution < -0.4 is 11.2 Å². The highest BCUT2D eigenvalue weighted by Crippen LogP contribution is 2.20. The fraction of sp³-hybridized carbons (Fsp3) is 0.133. The van der Waals surface area contributed by atoms with Crippen molar-refractivity contribution in [3.05, 3.63) is 52.0 Å². The Bertz CT molecular complexity index is 848. The predicted molar refractivity (Wildman–Crippen MR) is 96.4 cm³/mol. The first-order valence-electron chi connectivity index (χ1n) is 7.02. The van der Waals surface area contributed by atoms with E-state index in [1.165, 1.54) is 0 Å². The summed E-state index contributed by atoms with van der Waals surface area (Å²) in [6.45, 7) is 1.91. The van der Waals surface area contributed by atoms with Crippen molar-refractivity contribution in [1.29, 1.82) is 0 Å². The fourth-order valence-corrected chi connectivity index (χ4v) is 2.26. The number of hydrogen-bond acceptors (Lipinski definition) is 7. The number of anilines is 1. The third-order valence-electron chi connectivity index (χ3n) is 3.18. The molecule has 0 fully saturated rings. The van der Waals surface area contributed by atoms with E-state index in [4.69, 9.17) is 20.9 Å². The number of nitrogen functional groups attached to an aromatic ring is 1. The lowest BCUT2D eigenvalue weighted by Crippen LogP contribution is -2.29. The van der Waals surface area contributed by atoms with Gasteiger partial charge in [0.15, 0.2) is 0 Å². The number of aromatic nitrogens is 3. The maximum Gasteiger partial charge on any atom is 0.488 e. The number of halogens is 1. The summed E-state index contributed by atoms with van der Waals surface area (Å²) in [4.78, 5) is 4.06. The second-order valence-electron chi connectivity index (χ2n) is 5.04. The van der Waals surface area contributed by atoms with Crippen LogP contribution in [-0.4, -0.2) is 37.5 Å². The highest BCUT2D eigenvalue weighted by atomic mass is 79.9. The molecule has 0 amide bonds. The van der Waals surface area contributed by atoms with E-state index in [0.717, 1.165) is 21.1 Å². The third kappa shape index (κ3) is 4.71. The highest BCUT2D eigenvalue weighted by Gasteiger charge is 2.09. The molecule has 3 aromatic rings. The van der Waals surface area contributed by atoms with Gasteiger partial charge in [0.1, 0.15) is 5.52 Å². The van der Waals surface area contributed by atoms with Crippen LogP contribution in [-0.2, 0) is 6.61 Å². The van der Waals surface area contributed by atoms with Gasteiger partial charge in [-0.2, -0.15) is 0 Å². The summed E-state index contributed by atoms with van der Waals surface area (Å²) in [5, 5.41) is 33.7. The minimum Gasteiger partial charge on any atom is -0.423 e. The van der Waals surface area contributed by atoms with Crippen LogP contribution in [0.3, 0.4) is 0 Å². The molecule has 0 radical (unpaired) electrons. The molecule has 0 aliphatic heterocycles. The zero-order valence-electron chi connectivity index (χ0n) is 12.9. The lowest BCUT2D eigenvalue weighted by Gasteiger charge is -2.00. The van der Waals surface area contributed by atoms with E-state index in [1.807, 2.05) is 19.1 Å². The Morgan fingerprint density at radius 2 is 1.88 bits per heavy atom. The monoisotopic (exact) mass is 390 g/mol. The van der Waals surface area contributed by atoms with Gasteiger partial charge in [0, 0.05) is 4.47 Å². The third-order valence-corrected chi connectivity index (χ3v) is 4.04. The molecule has 3 rings (SSSR count). The number of nitrogens with two attached hydrogens (primary N) is 1. The van der Waals surface area contributed by atoms with Crippen molar-refractivity contribution < 1.29 is 15.2 Å². The molecule has 24 heavy (non-hydrogen) atoms. The van der Waals surface area contributed by atoms with Gasteiger partial charge in [-0.3, -0.25) is 0 Å². The predicted octanol–water partition coefficient (Wildman–Crippen LogP) is 0.537. The Balaban J connectivity index is 0.000000177. The van der Waals surface area contributed by atoms with E-state index >= 15 is 0 Å². The zero-order chi connectivity index (χ0) is 17.7. The number of aliphatic hydroxyl groups excluding tert-OH is 1. The van der Waals surface area contributed by atoms with Crippen molar-refractivity contribution in [2.75, 3.05) is 5.73 Å². The van der Waals surface area contributed by atoms with Gasteiger partial charge in [0.2, 0.25) is 5.95 Å². The summed E-state index contributed by atoms with van der Waals surface area (Å²) in [6.07, 6.45) is 0. The van der Waals surface area contributed by atoms with Crippen LogP contribution in [0.4, 0.5) is 5.95 Å². The van der Waals surface area contributed by atoms with E-state index in [-0.39, 0.29) is 12.6 Å². The second-order valence-corrected chi connectivity index (χ2v) is 5.89. The van der Waals surface area contributed by atoms with E-state index in [1.54, 1.807) is 24.3 Å². The largest absolute Gasteiger partial charge is 0.488 e. The van der Waals surface area contributed by atoms with Crippen LogP contribution in [0.15, 0.2) is 40.9 Å². The lowest BCUT2D eigenvalue weighted by molar-refractivity contribution is 0.282. The first-order valence-corrected chi connectivity index (χ1v) is 7.82. The number of fused-ring (bicyclic) bond motifs is 1. The van der Waals surface area contributed by atoms with Crippen molar-refractivity contribution in [3.63, 3.8) is 0 Å². The van der Waals surface area contributed by atoms with E-state index in [9.17, 15) is 0 Å². The Morgan fingerprint density at radius 3 is 2.54 bits per heavy atom. The molecule has 0 spiro atoms. The number of nitrogens with zero attached hydrogens (tertiary/aromatic N) is 3. The molecule has 1 aromatic heterocycles. The summed E-state index contributed by atoms with van der Waals surface area (Å²) in [5.74, 6) is 0.203. The normalized spacial score (nSPS) is 10.2. The number of hydrogen-bond donors (Lipinski definition) is 4. The number of rotatable bonds is 2. The number of benzene rings is 2. The summed E-state index contributed by atoms with van der Waals surface area (Å²) >= 11 is 3.41. The van der Waals surface area contributed by atoms with Crippen LogP contribution >= 0.6 is 15.9 Å². The maximum absolute atomic E-state index is 8.72. The molecule has 124 valence electrons. The molecule has 0 aliphatic carbocycles. The Kier molecular flexibility index (Phi) is 6.21. The Labute approximate surface area is 147 Å². The van der Waals surface area contributed by atoms with Crippen LogP contribution in [0.2, 0.25) is 0 Å². The number of aliphatic hydroxyl groups is 1. The van der Waals surface area contributed by atoms with Gasteiger partial charge in [-0.05, 0) is 35.6 Å². The molecular weight excluding hydrogens is 375 g/mol. The summed E-state index contributed by atoms with van der Waals surface area (Å²) < 4.78 is 1.00. The molecule has 0 saturated carbocycles. The van der Waals surface area contributed by atoms with Gasteiger partial charge >= 0.3 is 7.12 Å². The van der Waals surface area contributed by atoms with Crippen LogP contribution in [0.5, 0.6) is 0 Å². The number of aryl methyl sites for hydroxylation is 1. The van der Waals surface area contributed by atoms with Crippen molar-refractivity contribution in [2.45, 2.75) is 13.5 Å². The molecule has 0 saturated heterocycles.